The largest absolute Gasteiger partial charge is 0.455 e. The van der Waals surface area contributed by atoms with Gasteiger partial charge in [-0.1, -0.05) is 52.3 Å². The van der Waals surface area contributed by atoms with E-state index >= 15 is 0 Å². The van der Waals surface area contributed by atoms with Crippen molar-refractivity contribution < 1.29 is 14.3 Å². The second kappa shape index (κ2) is 6.54. The third-order valence-electron chi connectivity index (χ3n) is 3.91. The minimum absolute atomic E-state index is 0.278. The number of hydrogen-bond donors (Lipinski definition) is 1. The van der Waals surface area contributed by atoms with Crippen LogP contribution in [0.2, 0.25) is 0 Å². The zero-order valence-electron chi connectivity index (χ0n) is 12.4. The monoisotopic (exact) mass is 373 g/mol. The highest BCUT2D eigenvalue weighted by molar-refractivity contribution is 9.10. The van der Waals surface area contributed by atoms with Gasteiger partial charge in [-0.05, 0) is 36.6 Å². The molecule has 2 aromatic carbocycles. The van der Waals surface area contributed by atoms with E-state index in [1.165, 1.54) is 0 Å². The molecule has 0 heterocycles. The van der Waals surface area contributed by atoms with Crippen molar-refractivity contribution in [3.8, 4) is 0 Å². The molecule has 1 N–H and O–H groups in total. The molecule has 1 aliphatic carbocycles. The van der Waals surface area contributed by atoms with Crippen LogP contribution in [0.15, 0.2) is 59.1 Å². The van der Waals surface area contributed by atoms with Crippen LogP contribution < -0.4 is 5.32 Å². The van der Waals surface area contributed by atoms with Crippen LogP contribution in [0.1, 0.15) is 18.4 Å². The fraction of sp³-hybridized carbons (Fsp3) is 0.222. The van der Waals surface area contributed by atoms with Gasteiger partial charge in [-0.3, -0.25) is 9.59 Å². The Morgan fingerprint density at radius 1 is 1.09 bits per heavy atom. The maximum Gasteiger partial charge on any atom is 0.317 e. The number of carbonyl (C=O) groups is 2. The minimum Gasteiger partial charge on any atom is -0.455 e. The van der Waals surface area contributed by atoms with Gasteiger partial charge >= 0.3 is 5.97 Å². The van der Waals surface area contributed by atoms with Gasteiger partial charge < -0.3 is 10.1 Å². The summed E-state index contributed by atoms with van der Waals surface area (Å²) in [5.74, 6) is -0.673. The quantitative estimate of drug-likeness (QED) is 0.813. The lowest BCUT2D eigenvalue weighted by atomic mass is 9.96. The predicted molar refractivity (Wildman–Crippen MR) is 91.1 cm³/mol. The summed E-state index contributed by atoms with van der Waals surface area (Å²) in [6, 6.07) is 16.8. The number of nitrogens with one attached hydrogen (secondary N) is 1. The Bertz CT molecular complexity index is 726. The predicted octanol–water partition coefficient (Wildman–Crippen LogP) is 3.66. The maximum atomic E-state index is 12.3. The van der Waals surface area contributed by atoms with Gasteiger partial charge in [0.1, 0.15) is 0 Å². The first kappa shape index (κ1) is 15.7. The number of hydrogen-bond acceptors (Lipinski definition) is 3. The van der Waals surface area contributed by atoms with Crippen molar-refractivity contribution in [3.63, 3.8) is 0 Å². The molecule has 1 aliphatic rings. The Morgan fingerprint density at radius 3 is 2.48 bits per heavy atom. The molecule has 4 nitrogen and oxygen atoms in total. The zero-order valence-corrected chi connectivity index (χ0v) is 14.0. The zero-order chi connectivity index (χ0) is 16.3. The lowest BCUT2D eigenvalue weighted by molar-refractivity contribution is -0.150. The molecule has 0 bridgehead atoms. The summed E-state index contributed by atoms with van der Waals surface area (Å²) >= 11 is 3.34. The van der Waals surface area contributed by atoms with E-state index in [0.29, 0.717) is 5.69 Å². The molecule has 1 amide bonds. The number of amides is 1. The Balaban J connectivity index is 1.56. The molecule has 5 heteroatoms. The molecule has 3 rings (SSSR count). The molecule has 23 heavy (non-hydrogen) atoms. The molecule has 2 aromatic rings. The molecular formula is C18H16BrNO3. The molecule has 118 valence electrons. The lowest BCUT2D eigenvalue weighted by Crippen LogP contribution is -2.28. The van der Waals surface area contributed by atoms with Crippen LogP contribution in [0.25, 0.3) is 0 Å². The Labute approximate surface area is 143 Å². The summed E-state index contributed by atoms with van der Waals surface area (Å²) in [5.41, 5.74) is 1.05. The number of benzene rings is 2. The van der Waals surface area contributed by atoms with Crippen LogP contribution in [0, 0.1) is 0 Å². The standard InChI is InChI=1S/C18H16BrNO3/c19-14-7-4-8-15(11-14)20-16(21)12-23-17(22)18(9-10-18)13-5-2-1-3-6-13/h1-8,11H,9-10,12H2,(H,20,21). The van der Waals surface area contributed by atoms with E-state index in [1.54, 1.807) is 12.1 Å². The number of rotatable bonds is 5. The van der Waals surface area contributed by atoms with Crippen LogP contribution >= 0.6 is 15.9 Å². The van der Waals surface area contributed by atoms with E-state index in [0.717, 1.165) is 22.9 Å². The van der Waals surface area contributed by atoms with Crippen molar-refractivity contribution in [1.82, 2.24) is 0 Å². The summed E-state index contributed by atoms with van der Waals surface area (Å²) in [7, 11) is 0. The van der Waals surface area contributed by atoms with E-state index in [4.69, 9.17) is 4.74 Å². The molecule has 0 saturated heterocycles. The third-order valence-corrected chi connectivity index (χ3v) is 4.40. The normalized spacial score (nSPS) is 14.8. The lowest BCUT2D eigenvalue weighted by Gasteiger charge is -2.14. The second-order valence-electron chi connectivity index (χ2n) is 5.58. The first-order valence-corrected chi connectivity index (χ1v) is 8.18. The SMILES string of the molecule is O=C(COC(=O)C1(c2ccccc2)CC1)Nc1cccc(Br)c1. The average molecular weight is 374 g/mol. The van der Waals surface area contributed by atoms with E-state index in [2.05, 4.69) is 21.2 Å². The Hall–Kier alpha value is -2.14. The number of ether oxygens (including phenoxy) is 1. The van der Waals surface area contributed by atoms with E-state index in [-0.39, 0.29) is 18.5 Å². The van der Waals surface area contributed by atoms with Gasteiger partial charge in [-0.2, -0.15) is 0 Å². The van der Waals surface area contributed by atoms with Crippen molar-refractivity contribution in [2.75, 3.05) is 11.9 Å². The Morgan fingerprint density at radius 2 is 1.83 bits per heavy atom. The second-order valence-corrected chi connectivity index (χ2v) is 6.50. The van der Waals surface area contributed by atoms with Crippen molar-refractivity contribution in [1.29, 1.82) is 0 Å². The van der Waals surface area contributed by atoms with Gasteiger partial charge in [-0.25, -0.2) is 0 Å². The van der Waals surface area contributed by atoms with Crippen LogP contribution in [-0.2, 0) is 19.7 Å². The summed E-state index contributed by atoms with van der Waals surface area (Å²) in [5, 5.41) is 2.70. The number of halogens is 1. The van der Waals surface area contributed by atoms with Crippen LogP contribution in [0.3, 0.4) is 0 Å². The molecular weight excluding hydrogens is 358 g/mol. The van der Waals surface area contributed by atoms with Crippen LogP contribution in [0.4, 0.5) is 5.69 Å². The highest BCUT2D eigenvalue weighted by Gasteiger charge is 2.52. The highest BCUT2D eigenvalue weighted by atomic mass is 79.9. The fourth-order valence-corrected chi connectivity index (χ4v) is 2.92. The molecule has 0 spiro atoms. The van der Waals surface area contributed by atoms with Crippen molar-refractivity contribution in [2.45, 2.75) is 18.3 Å². The van der Waals surface area contributed by atoms with Gasteiger partial charge in [-0.15, -0.1) is 0 Å². The number of carbonyl (C=O) groups excluding carboxylic acids is 2. The van der Waals surface area contributed by atoms with E-state index in [9.17, 15) is 9.59 Å². The van der Waals surface area contributed by atoms with Gasteiger partial charge in [0.15, 0.2) is 6.61 Å². The highest BCUT2D eigenvalue weighted by Crippen LogP contribution is 2.49. The van der Waals surface area contributed by atoms with Gasteiger partial charge in [0.25, 0.3) is 5.91 Å². The molecule has 0 aliphatic heterocycles. The Kier molecular flexibility index (Phi) is 4.48. The smallest absolute Gasteiger partial charge is 0.317 e. The molecule has 0 atom stereocenters. The third kappa shape index (κ3) is 3.62. The fourth-order valence-electron chi connectivity index (χ4n) is 2.53. The molecule has 0 radical (unpaired) electrons. The van der Waals surface area contributed by atoms with Gasteiger partial charge in [0.05, 0.1) is 5.41 Å². The summed E-state index contributed by atoms with van der Waals surface area (Å²) in [6.07, 6.45) is 1.53. The van der Waals surface area contributed by atoms with E-state index in [1.807, 2.05) is 42.5 Å². The first-order chi connectivity index (χ1) is 11.1. The van der Waals surface area contributed by atoms with Crippen LogP contribution in [-0.4, -0.2) is 18.5 Å². The van der Waals surface area contributed by atoms with Crippen LogP contribution in [0.5, 0.6) is 0 Å². The van der Waals surface area contributed by atoms with Crippen molar-refractivity contribution in [2.24, 2.45) is 0 Å². The molecule has 0 aromatic heterocycles. The molecule has 1 fully saturated rings. The average Bonchev–Trinajstić information content (AvgIpc) is 3.35. The number of esters is 1. The van der Waals surface area contributed by atoms with E-state index < -0.39 is 5.41 Å². The molecule has 1 saturated carbocycles. The first-order valence-electron chi connectivity index (χ1n) is 7.38. The molecule has 0 unspecified atom stereocenters. The summed E-state index contributed by atoms with van der Waals surface area (Å²) in [4.78, 5) is 24.2. The topological polar surface area (TPSA) is 55.4 Å². The minimum atomic E-state index is -0.558. The maximum absolute atomic E-state index is 12.3. The van der Waals surface area contributed by atoms with Crippen molar-refractivity contribution in [3.05, 3.63) is 64.6 Å². The summed E-state index contributed by atoms with van der Waals surface area (Å²) in [6.45, 7) is -0.278. The summed E-state index contributed by atoms with van der Waals surface area (Å²) < 4.78 is 6.09. The van der Waals surface area contributed by atoms with Crippen molar-refractivity contribution >= 4 is 33.5 Å². The number of anilines is 1. The van der Waals surface area contributed by atoms with Gasteiger partial charge in [0, 0.05) is 10.2 Å². The van der Waals surface area contributed by atoms with Gasteiger partial charge in [0.2, 0.25) is 0 Å².